The summed E-state index contributed by atoms with van der Waals surface area (Å²) in [5.74, 6) is -21.9. The maximum absolute atomic E-state index is 15.8. The third-order valence-corrected chi connectivity index (χ3v) is 27.9. The number of nitrogens with zero attached hydrogens (tertiary/aromatic N) is 8. The SMILES string of the molecule is CC(C)[C@@H]1NC(=O)[C@H](Cc2c[nH]c3ccccc23)NC(=O)[C@@H]2CSCC(=O)N3Cc4cncc(c4)CN(Cc4cncc(c4)CN(Cc4cncc(c4)C3)C(=O)CSC[C@H](NC(=O)[C@H](C)NC(=O)CN(C)C(=O)CCN)C(=O)N[C@@H]3C(=O)N[C@@H](CCN[C@H]3O)C(=O)N2)C(=O)CSC[C@@H](C(N)=O)NC(=O)[C@@H]2CCCN2C(=O)[C@H](C(C)C)NC(=O)[C@H](Cc2c[nH]c3ccccc23)NC(=O)CNC(=O)[C@H](CC(=O)O)NC1=O. The van der Waals surface area contributed by atoms with Crippen LogP contribution in [0, 0.1) is 11.8 Å². The number of rotatable bonds is 16. The van der Waals surface area contributed by atoms with E-state index in [1.807, 2.05) is 0 Å². The van der Waals surface area contributed by atoms with Crippen molar-refractivity contribution in [3.05, 3.63) is 161 Å². The van der Waals surface area contributed by atoms with Crippen molar-refractivity contribution in [2.24, 2.45) is 23.3 Å². The molecule has 2 aromatic carbocycles. The van der Waals surface area contributed by atoms with Crippen molar-refractivity contribution < 1.29 is 101 Å². The Bertz CT molecular complexity index is 5950. The maximum atomic E-state index is 15.8. The molecule has 5 aromatic heterocycles. The highest BCUT2D eigenvalue weighted by Gasteiger charge is 2.44. The van der Waals surface area contributed by atoms with Crippen LogP contribution in [0.1, 0.15) is 111 Å². The Morgan fingerprint density at radius 2 is 1.02 bits per heavy atom. The number of amides is 18. The minimum absolute atomic E-state index is 0.0120. The van der Waals surface area contributed by atoms with E-state index in [0.29, 0.717) is 72.7 Å². The van der Waals surface area contributed by atoms with Crippen LogP contribution in [0.2, 0.25) is 0 Å². The van der Waals surface area contributed by atoms with Gasteiger partial charge in [0.05, 0.1) is 36.8 Å². The number of H-pyrrole nitrogens is 2. The molecule has 18 amide bonds. The molecule has 21 N–H and O–H groups in total. The number of hydrogen-bond acceptors (Lipinski definition) is 28. The van der Waals surface area contributed by atoms with Gasteiger partial charge in [0.25, 0.3) is 0 Å². The van der Waals surface area contributed by atoms with Gasteiger partial charge in [-0.05, 0) is 113 Å². The Kier molecular flexibility index (Phi) is 38.6. The van der Waals surface area contributed by atoms with E-state index in [2.05, 4.69) is 94.0 Å². The molecule has 7 aromatic rings. The molecule has 0 spiro atoms. The highest BCUT2D eigenvalue weighted by molar-refractivity contribution is 8.00. The highest BCUT2D eigenvalue weighted by Crippen LogP contribution is 2.28. The van der Waals surface area contributed by atoms with Crippen molar-refractivity contribution >= 4 is 169 Å². The number of para-hydroxylation sites is 2. The molecule has 2 saturated heterocycles. The van der Waals surface area contributed by atoms with Crippen LogP contribution in [0.3, 0.4) is 0 Å². The number of aromatic nitrogens is 5. The van der Waals surface area contributed by atoms with Gasteiger partial charge in [-0.1, -0.05) is 64.1 Å². The Balaban J connectivity index is 0.940. The number of primary amides is 1. The maximum Gasteiger partial charge on any atom is 0.305 e. The topological polar surface area (TPSA) is 660 Å². The fourth-order valence-electron chi connectivity index (χ4n) is 17.1. The largest absolute Gasteiger partial charge is 0.481 e. The number of aliphatic hydroxyl groups is 1. The van der Waals surface area contributed by atoms with E-state index < -0.39 is 245 Å². The molecule has 770 valence electrons. The monoisotopic (exact) mass is 2040 g/mol. The van der Waals surface area contributed by atoms with Gasteiger partial charge in [0, 0.05) is 174 Å². The molecule has 49 heteroatoms. The summed E-state index contributed by atoms with van der Waals surface area (Å²) in [5.41, 5.74) is 16.4. The zero-order chi connectivity index (χ0) is 104. The van der Waals surface area contributed by atoms with Crippen LogP contribution in [-0.2, 0) is 143 Å². The van der Waals surface area contributed by atoms with Crippen molar-refractivity contribution in [3.63, 3.8) is 0 Å². The number of fused-ring (bicyclic) bond motifs is 14. The minimum atomic E-state index is -1.99. The van der Waals surface area contributed by atoms with E-state index in [1.165, 1.54) is 84.6 Å². The van der Waals surface area contributed by atoms with Crippen LogP contribution in [0.25, 0.3) is 21.8 Å². The van der Waals surface area contributed by atoms with E-state index >= 15 is 38.4 Å². The molecular formula is C95H121N25O21S3. The van der Waals surface area contributed by atoms with E-state index in [-0.39, 0.29) is 103 Å². The van der Waals surface area contributed by atoms with Gasteiger partial charge in [0.1, 0.15) is 78.7 Å². The van der Waals surface area contributed by atoms with Gasteiger partial charge in [-0.2, -0.15) is 0 Å². The Morgan fingerprint density at radius 1 is 0.535 bits per heavy atom. The molecule has 12 rings (SSSR count). The second-order valence-corrected chi connectivity index (χ2v) is 39.7. The van der Waals surface area contributed by atoms with Gasteiger partial charge < -0.3 is 120 Å². The van der Waals surface area contributed by atoms with Crippen molar-refractivity contribution in [1.29, 1.82) is 0 Å². The normalized spacial score (nSPS) is 23.7. The van der Waals surface area contributed by atoms with Crippen molar-refractivity contribution in [3.8, 4) is 0 Å². The van der Waals surface area contributed by atoms with Crippen LogP contribution in [0.4, 0.5) is 0 Å². The molecule has 5 aliphatic heterocycles. The molecule has 5 aliphatic rings. The second-order valence-electron chi connectivity index (χ2n) is 36.6. The average molecular weight is 2050 g/mol. The smallest absolute Gasteiger partial charge is 0.305 e. The number of thioether (sulfide) groups is 3. The predicted octanol–water partition coefficient (Wildman–Crippen LogP) is -3.70. The summed E-state index contributed by atoms with van der Waals surface area (Å²) < 4.78 is 0. The number of aliphatic carboxylic acids is 1. The molecule has 10 heterocycles. The molecule has 2 fully saturated rings. The summed E-state index contributed by atoms with van der Waals surface area (Å²) in [6.07, 6.45) is 8.59. The molecule has 13 atom stereocenters. The van der Waals surface area contributed by atoms with Gasteiger partial charge in [-0.3, -0.25) is 111 Å². The summed E-state index contributed by atoms with van der Waals surface area (Å²) in [7, 11) is 1.35. The number of nitrogens with two attached hydrogens (primary N) is 2. The molecule has 0 radical (unpaired) electrons. The molecule has 0 aliphatic carbocycles. The first-order chi connectivity index (χ1) is 68.8. The summed E-state index contributed by atoms with van der Waals surface area (Å²) >= 11 is 2.63. The molecule has 0 unspecified atom stereocenters. The number of likely N-dealkylation sites (N-methyl/N-ethyl adjacent to an activating group) is 1. The fraction of sp³-hybridized carbons (Fsp3) is 0.474. The van der Waals surface area contributed by atoms with Crippen molar-refractivity contribution in [1.82, 2.24) is 119 Å². The van der Waals surface area contributed by atoms with Gasteiger partial charge in [-0.15, -0.1) is 35.3 Å². The summed E-state index contributed by atoms with van der Waals surface area (Å²) in [5, 5.41) is 57.0. The van der Waals surface area contributed by atoms with Gasteiger partial charge >= 0.3 is 5.97 Å². The fourth-order valence-corrected chi connectivity index (χ4v) is 20.0. The van der Waals surface area contributed by atoms with E-state index in [1.54, 1.807) is 93.0 Å². The standard InChI is InChI=1S/C95H121N25O21S3/c1-50(2)80-93(139)109-68(27-79(127)128)85(131)104-36-73(121)106-66(25-59-34-102-63-14-9-7-12-61(59)63)87(133)114-81(51(3)4)95(141)120-21-11-16-72(120)91(137)110-69(83(97)129)44-142-47-76(124)117-37-53-22-55(30-98-28-53)39-118-40-57-24-58(33-100-32-57)42-119(41-56-23-54(38-117)29-99-31-56)78(126)49-144-46-71(111-84(130)52(5)105-74(122)43-116(6)75(123)17-19-96)90(136)115-82-92(138)101-20-18-65(107-94(82)140)86(132)112-70(45-143-48-77(118)125)89(135)108-67(88(134)113-80)26-60-35-103-64-15-10-8-13-62(60)64/h7-10,12-15,22-24,28-35,50-52,65-72,80-82,92,101-103,138H,11,16-21,25-27,36-49,96H2,1-6H3,(H2,97,129)(H,104,131)(H,105,122)(H,106,121)(H,107,140)(H,108,135)(H,109,139)(H,110,137)(H,111,130)(H,112,132)(H,113,134)(H,114,133)(H,115,136)(H,127,128)/t52-,65-,66-,67-,68-,69-,70-,71-,72-,80-,81-,82-,92-/m0/s1. The molecule has 46 nitrogen and oxygen atoms in total. The lowest BCUT2D eigenvalue weighted by Gasteiger charge is -2.32. The van der Waals surface area contributed by atoms with Crippen molar-refractivity contribution in [2.75, 3.05) is 74.3 Å². The van der Waals surface area contributed by atoms with Crippen molar-refractivity contribution in [2.45, 2.75) is 198 Å². The number of carboxylic acids is 1. The lowest BCUT2D eigenvalue weighted by atomic mass is 9.99. The first kappa shape index (κ1) is 109. The summed E-state index contributed by atoms with van der Waals surface area (Å²) in [6, 6.07) is -0.333. The first-order valence-electron chi connectivity index (χ1n) is 47.1. The van der Waals surface area contributed by atoms with Crippen LogP contribution in [-0.4, -0.2) is 325 Å². The van der Waals surface area contributed by atoms with E-state index in [4.69, 9.17) is 11.5 Å². The Morgan fingerprint density at radius 3 is 1.53 bits per heavy atom. The van der Waals surface area contributed by atoms with Gasteiger partial charge in [-0.25, -0.2) is 0 Å². The van der Waals surface area contributed by atoms with Gasteiger partial charge in [0.15, 0.2) is 0 Å². The molecule has 12 bridgehead atoms. The van der Waals surface area contributed by atoms with E-state index in [0.717, 1.165) is 40.2 Å². The summed E-state index contributed by atoms with van der Waals surface area (Å²) in [6.45, 7) is 4.77. The van der Waals surface area contributed by atoms with Gasteiger partial charge in [0.2, 0.25) is 106 Å². The number of nitrogens with one attached hydrogen (secondary N) is 15. The molecular weight excluding hydrogens is 1920 g/mol. The predicted molar refractivity (Wildman–Crippen MR) is 527 cm³/mol. The number of aromatic amines is 2. The third-order valence-electron chi connectivity index (χ3n) is 24.8. The second kappa shape index (κ2) is 51.2. The lowest BCUT2D eigenvalue weighted by molar-refractivity contribution is -0.143. The zero-order valence-electron chi connectivity index (χ0n) is 80.2. The minimum Gasteiger partial charge on any atom is -0.481 e. The lowest BCUT2D eigenvalue weighted by Crippen LogP contribution is -2.66. The number of benzene rings is 2. The van der Waals surface area contributed by atoms with Crippen LogP contribution in [0.5, 0.6) is 0 Å². The quantitative estimate of drug-likeness (QED) is 0.0443. The van der Waals surface area contributed by atoms with Crippen LogP contribution < -0.4 is 80.6 Å². The summed E-state index contributed by atoms with van der Waals surface area (Å²) in [4.78, 5) is 304. The average Bonchev–Trinajstić information content (AvgIpc) is 1.77. The third kappa shape index (κ3) is 30.0. The van der Waals surface area contributed by atoms with Crippen LogP contribution in [0.15, 0.2) is 116 Å². The number of pyridine rings is 3. The number of carbonyl (C=O) groups excluding carboxylic acids is 18. The number of carbonyl (C=O) groups is 19. The Hall–Kier alpha value is -14.2. The number of aliphatic hydroxyl groups excluding tert-OH is 1. The highest BCUT2D eigenvalue weighted by atomic mass is 32.2. The van der Waals surface area contributed by atoms with Crippen LogP contribution >= 0.6 is 35.3 Å². The Labute approximate surface area is 840 Å². The number of hydrogen-bond donors (Lipinski definition) is 19. The molecule has 144 heavy (non-hydrogen) atoms. The first-order valence-corrected chi connectivity index (χ1v) is 50.5. The zero-order valence-corrected chi connectivity index (χ0v) is 82.7. The number of carboxylic acid groups (broad SMARTS) is 1. The van der Waals surface area contributed by atoms with E-state index in [9.17, 15) is 63.0 Å². The molecule has 0 saturated carbocycles.